The van der Waals surface area contributed by atoms with E-state index >= 15 is 0 Å². The first-order valence-electron chi connectivity index (χ1n) is 13.1. The van der Waals surface area contributed by atoms with Gasteiger partial charge >= 0.3 is 0 Å². The molecule has 0 bridgehead atoms. The van der Waals surface area contributed by atoms with E-state index in [0.717, 1.165) is 46.4 Å². The second-order valence-corrected chi connectivity index (χ2v) is 8.79. The number of hydrogen-bond acceptors (Lipinski definition) is 4. The molecule has 1 aliphatic rings. The minimum Gasteiger partial charge on any atom is -0.354 e. The van der Waals surface area contributed by atoms with Gasteiger partial charge in [-0.1, -0.05) is 99.7 Å². The number of nitrogens with zero attached hydrogens (tertiary/aromatic N) is 1. The zero-order valence-electron chi connectivity index (χ0n) is 23.0. The van der Waals surface area contributed by atoms with Crippen molar-refractivity contribution in [2.24, 2.45) is 0 Å². The van der Waals surface area contributed by atoms with Crippen LogP contribution in [-0.2, 0) is 11.3 Å². The molecule has 38 heavy (non-hydrogen) atoms. The van der Waals surface area contributed by atoms with Crippen molar-refractivity contribution in [2.45, 2.75) is 40.7 Å². The Morgan fingerprint density at radius 3 is 2.34 bits per heavy atom. The molecule has 0 atom stereocenters. The molecule has 0 aliphatic carbocycles. The number of carbonyl (C=O) groups excluding carboxylic acids is 2. The zero-order valence-corrected chi connectivity index (χ0v) is 23.0. The largest absolute Gasteiger partial charge is 0.354 e. The van der Waals surface area contributed by atoms with Gasteiger partial charge in [-0.25, -0.2) is 4.98 Å². The van der Waals surface area contributed by atoms with Crippen molar-refractivity contribution in [1.29, 1.82) is 0 Å². The molecule has 6 nitrogen and oxygen atoms in total. The van der Waals surface area contributed by atoms with Gasteiger partial charge in [-0.3, -0.25) is 9.59 Å². The number of fused-ring (bicyclic) bond motifs is 1. The molecule has 2 heterocycles. The summed E-state index contributed by atoms with van der Waals surface area (Å²) in [6, 6.07) is 17.6. The lowest BCUT2D eigenvalue weighted by atomic mass is 9.97. The second kappa shape index (κ2) is 16.7. The molecule has 1 aromatic heterocycles. The fraction of sp³-hybridized carbons (Fsp3) is 0.281. The van der Waals surface area contributed by atoms with Gasteiger partial charge in [-0.2, -0.15) is 0 Å². The summed E-state index contributed by atoms with van der Waals surface area (Å²) in [5, 5.41) is 9.49. The normalized spacial score (nSPS) is 12.8. The number of amides is 2. The maximum atomic E-state index is 13.1. The number of aromatic nitrogens is 1. The summed E-state index contributed by atoms with van der Waals surface area (Å²) in [5.41, 5.74) is 4.85. The predicted octanol–water partition coefficient (Wildman–Crippen LogP) is 5.74. The van der Waals surface area contributed by atoms with Gasteiger partial charge in [0, 0.05) is 25.0 Å². The Bertz CT molecular complexity index is 1260. The Morgan fingerprint density at radius 1 is 1.05 bits per heavy atom. The predicted molar refractivity (Wildman–Crippen MR) is 159 cm³/mol. The second-order valence-electron chi connectivity index (χ2n) is 8.79. The summed E-state index contributed by atoms with van der Waals surface area (Å²) < 4.78 is 0. The maximum absolute atomic E-state index is 13.1. The minimum atomic E-state index is -0.105. The Morgan fingerprint density at radius 2 is 1.74 bits per heavy atom. The van der Waals surface area contributed by atoms with Crippen LogP contribution in [0.15, 0.2) is 85.5 Å². The van der Waals surface area contributed by atoms with E-state index in [4.69, 9.17) is 4.98 Å². The number of nitrogens with one attached hydrogen (secondary N) is 3. The third-order valence-electron chi connectivity index (χ3n) is 5.47. The van der Waals surface area contributed by atoms with Gasteiger partial charge in [0.25, 0.3) is 5.91 Å². The van der Waals surface area contributed by atoms with E-state index in [-0.39, 0.29) is 11.8 Å². The molecule has 6 heteroatoms. The van der Waals surface area contributed by atoms with Crippen molar-refractivity contribution in [1.82, 2.24) is 20.9 Å². The van der Waals surface area contributed by atoms with E-state index in [9.17, 15) is 9.59 Å². The Balaban J connectivity index is 0.000000427. The summed E-state index contributed by atoms with van der Waals surface area (Å²) in [5.74, 6) is -0.00214. The number of para-hydroxylation sites is 1. The number of benzene rings is 2. The van der Waals surface area contributed by atoms with Crippen LogP contribution in [-0.4, -0.2) is 36.4 Å². The SMILES string of the molecule is C=C(/C=C\C=C/C)c1nc2ccccc2c(C(=O)NCc2ccccc2)c1C.CCC.O=C1CNCCN1. The molecule has 2 amide bonds. The van der Waals surface area contributed by atoms with E-state index in [0.29, 0.717) is 18.7 Å². The quantitative estimate of drug-likeness (QED) is 0.368. The average molecular weight is 513 g/mol. The Hall–Kier alpha value is -4.03. The number of hydrogen-bond donors (Lipinski definition) is 3. The fourth-order valence-corrected chi connectivity index (χ4v) is 3.70. The van der Waals surface area contributed by atoms with Gasteiger partial charge in [0.15, 0.2) is 0 Å². The van der Waals surface area contributed by atoms with Gasteiger partial charge in [-0.15, -0.1) is 0 Å². The number of allylic oxidation sites excluding steroid dienone is 5. The smallest absolute Gasteiger partial charge is 0.252 e. The highest BCUT2D eigenvalue weighted by atomic mass is 16.2. The van der Waals surface area contributed by atoms with Gasteiger partial charge in [0.2, 0.25) is 5.91 Å². The molecule has 1 saturated heterocycles. The van der Waals surface area contributed by atoms with Crippen molar-refractivity contribution in [3.63, 3.8) is 0 Å². The van der Waals surface area contributed by atoms with Gasteiger partial charge < -0.3 is 16.0 Å². The molecule has 1 fully saturated rings. The van der Waals surface area contributed by atoms with Crippen LogP contribution in [0.2, 0.25) is 0 Å². The van der Waals surface area contributed by atoms with Crippen molar-refractivity contribution < 1.29 is 9.59 Å². The van der Waals surface area contributed by atoms with Crippen LogP contribution in [0.4, 0.5) is 0 Å². The lowest BCUT2D eigenvalue weighted by Crippen LogP contribution is -2.44. The molecule has 3 N–H and O–H groups in total. The van der Waals surface area contributed by atoms with Crippen molar-refractivity contribution in [3.8, 4) is 0 Å². The number of pyridine rings is 1. The highest BCUT2D eigenvalue weighted by molar-refractivity contribution is 6.08. The minimum absolute atomic E-state index is 0.103. The van der Waals surface area contributed by atoms with Crippen LogP contribution >= 0.6 is 0 Å². The summed E-state index contributed by atoms with van der Waals surface area (Å²) >= 11 is 0. The molecular weight excluding hydrogens is 472 g/mol. The molecule has 1 aliphatic heterocycles. The van der Waals surface area contributed by atoms with Gasteiger partial charge in [-0.05, 0) is 36.6 Å². The van der Waals surface area contributed by atoms with E-state index in [1.165, 1.54) is 6.42 Å². The standard InChI is InChI=1S/C25H24N2O.C4H8N2O.C3H8/c1-4-5-7-12-18(2)24-19(3)23(21-15-10-11-16-22(21)27-24)25(28)26-17-20-13-8-6-9-14-20;7-4-3-5-1-2-6-4;1-3-2/h4-16H,2,17H2,1,3H3,(H,26,28);5H,1-3H2,(H,6,7);3H2,1-2H3/b5-4-,12-7-;;. The molecule has 4 rings (SSSR count). The molecule has 0 saturated carbocycles. The lowest BCUT2D eigenvalue weighted by molar-refractivity contribution is -0.121. The third-order valence-corrected chi connectivity index (χ3v) is 5.47. The zero-order chi connectivity index (χ0) is 27.8. The van der Waals surface area contributed by atoms with E-state index in [1.54, 1.807) is 0 Å². The van der Waals surface area contributed by atoms with E-state index < -0.39 is 0 Å². The van der Waals surface area contributed by atoms with Crippen LogP contribution in [0.1, 0.15) is 54.4 Å². The van der Waals surface area contributed by atoms with Crippen LogP contribution in [0, 0.1) is 6.92 Å². The number of piperazine rings is 1. The summed E-state index contributed by atoms with van der Waals surface area (Å²) in [6.07, 6.45) is 8.98. The summed E-state index contributed by atoms with van der Waals surface area (Å²) in [6.45, 7) is 14.9. The molecule has 0 spiro atoms. The Labute approximate surface area is 227 Å². The fourth-order valence-electron chi connectivity index (χ4n) is 3.70. The monoisotopic (exact) mass is 512 g/mol. The van der Waals surface area contributed by atoms with Crippen molar-refractivity contribution in [3.05, 3.63) is 108 Å². The first kappa shape index (κ1) is 30.2. The molecule has 0 unspecified atom stereocenters. The van der Waals surface area contributed by atoms with Crippen LogP contribution in [0.25, 0.3) is 16.5 Å². The molecule has 200 valence electrons. The maximum Gasteiger partial charge on any atom is 0.252 e. The highest BCUT2D eigenvalue weighted by Crippen LogP contribution is 2.27. The lowest BCUT2D eigenvalue weighted by Gasteiger charge is -2.15. The van der Waals surface area contributed by atoms with Gasteiger partial charge in [0.1, 0.15) is 0 Å². The molecular formula is C32H40N4O2. The molecule has 3 aromatic rings. The van der Waals surface area contributed by atoms with E-state index in [1.807, 2.05) is 92.7 Å². The molecule has 2 aromatic carbocycles. The number of carbonyl (C=O) groups is 2. The topological polar surface area (TPSA) is 83.1 Å². The molecule has 0 radical (unpaired) electrons. The summed E-state index contributed by atoms with van der Waals surface area (Å²) in [4.78, 5) is 28.1. The first-order valence-corrected chi connectivity index (χ1v) is 13.1. The average Bonchev–Trinajstić information content (AvgIpc) is 2.93. The first-order chi connectivity index (χ1) is 18.4. The van der Waals surface area contributed by atoms with Crippen molar-refractivity contribution in [2.75, 3.05) is 19.6 Å². The number of rotatable bonds is 6. The third kappa shape index (κ3) is 9.45. The van der Waals surface area contributed by atoms with Crippen LogP contribution < -0.4 is 16.0 Å². The van der Waals surface area contributed by atoms with E-state index in [2.05, 4.69) is 36.4 Å². The van der Waals surface area contributed by atoms with Gasteiger partial charge in [0.05, 0.1) is 23.3 Å². The van der Waals surface area contributed by atoms with Crippen LogP contribution in [0.5, 0.6) is 0 Å². The van der Waals surface area contributed by atoms with Crippen molar-refractivity contribution >= 4 is 28.3 Å². The summed E-state index contributed by atoms with van der Waals surface area (Å²) in [7, 11) is 0. The highest BCUT2D eigenvalue weighted by Gasteiger charge is 2.18. The van der Waals surface area contributed by atoms with Crippen LogP contribution in [0.3, 0.4) is 0 Å². The Kier molecular flexibility index (Phi) is 13.2.